The molecule has 0 aromatic heterocycles. The number of halogens is 3. The van der Waals surface area contributed by atoms with Crippen LogP contribution in [0.5, 0.6) is 0 Å². The van der Waals surface area contributed by atoms with E-state index in [0.29, 0.717) is 9.50 Å². The van der Waals surface area contributed by atoms with E-state index in [1.807, 2.05) is 25.1 Å². The van der Waals surface area contributed by atoms with Crippen LogP contribution in [0.3, 0.4) is 0 Å². The molecule has 0 aliphatic heterocycles. The Kier molecular flexibility index (Phi) is 4.58. The molecule has 0 saturated heterocycles. The maximum atomic E-state index is 13.1. The van der Waals surface area contributed by atoms with Gasteiger partial charge in [-0.1, -0.05) is 45.7 Å². The zero-order valence-corrected chi connectivity index (χ0v) is 12.6. The van der Waals surface area contributed by atoms with Gasteiger partial charge in [-0.2, -0.15) is 0 Å². The standard InChI is InChI=1S/C14H13BrClFN2/c1-8-2-3-9(6-13(8)16)14(19-18)11-5-4-10(17)7-12(11)15/h2-7,14,19H,18H2,1H3. The molecule has 1 unspecified atom stereocenters. The summed E-state index contributed by atoms with van der Waals surface area (Å²) < 4.78 is 13.8. The molecule has 100 valence electrons. The van der Waals surface area contributed by atoms with Crippen molar-refractivity contribution in [3.63, 3.8) is 0 Å². The molecule has 0 radical (unpaired) electrons. The number of hydrogen-bond acceptors (Lipinski definition) is 2. The number of nitrogens with one attached hydrogen (secondary N) is 1. The number of benzene rings is 2. The van der Waals surface area contributed by atoms with Crippen molar-refractivity contribution in [2.75, 3.05) is 0 Å². The molecule has 0 fully saturated rings. The average Bonchev–Trinajstić information content (AvgIpc) is 2.37. The summed E-state index contributed by atoms with van der Waals surface area (Å²) in [5.41, 5.74) is 5.50. The zero-order chi connectivity index (χ0) is 14.0. The van der Waals surface area contributed by atoms with Gasteiger partial charge in [0.1, 0.15) is 5.82 Å². The first-order valence-electron chi connectivity index (χ1n) is 5.70. The molecule has 2 nitrogen and oxygen atoms in total. The molecule has 0 bridgehead atoms. The molecule has 3 N–H and O–H groups in total. The van der Waals surface area contributed by atoms with Gasteiger partial charge < -0.3 is 0 Å². The normalized spacial score (nSPS) is 12.5. The van der Waals surface area contributed by atoms with Gasteiger partial charge in [-0.15, -0.1) is 0 Å². The van der Waals surface area contributed by atoms with Gasteiger partial charge in [0.15, 0.2) is 0 Å². The van der Waals surface area contributed by atoms with Gasteiger partial charge in [0, 0.05) is 9.50 Å². The molecule has 2 rings (SSSR count). The Morgan fingerprint density at radius 3 is 2.58 bits per heavy atom. The highest BCUT2D eigenvalue weighted by molar-refractivity contribution is 9.10. The first-order valence-corrected chi connectivity index (χ1v) is 6.87. The van der Waals surface area contributed by atoms with Crippen molar-refractivity contribution >= 4 is 27.5 Å². The van der Waals surface area contributed by atoms with Crippen LogP contribution in [0, 0.1) is 12.7 Å². The summed E-state index contributed by atoms with van der Waals surface area (Å²) in [5.74, 6) is 5.33. The van der Waals surface area contributed by atoms with Gasteiger partial charge in [0.2, 0.25) is 0 Å². The smallest absolute Gasteiger partial charge is 0.124 e. The van der Waals surface area contributed by atoms with E-state index in [1.165, 1.54) is 12.1 Å². The molecule has 19 heavy (non-hydrogen) atoms. The molecule has 0 aliphatic rings. The summed E-state index contributed by atoms with van der Waals surface area (Å²) in [4.78, 5) is 0. The van der Waals surface area contributed by atoms with Gasteiger partial charge in [0.25, 0.3) is 0 Å². The lowest BCUT2D eigenvalue weighted by Gasteiger charge is -2.19. The Balaban J connectivity index is 2.46. The fourth-order valence-corrected chi connectivity index (χ4v) is 2.66. The van der Waals surface area contributed by atoms with E-state index in [1.54, 1.807) is 6.07 Å². The monoisotopic (exact) mass is 342 g/mol. The third-order valence-corrected chi connectivity index (χ3v) is 4.06. The van der Waals surface area contributed by atoms with E-state index in [9.17, 15) is 4.39 Å². The van der Waals surface area contributed by atoms with Crippen LogP contribution in [-0.4, -0.2) is 0 Å². The first-order chi connectivity index (χ1) is 9.02. The highest BCUT2D eigenvalue weighted by Gasteiger charge is 2.16. The third-order valence-electron chi connectivity index (χ3n) is 2.97. The minimum atomic E-state index is -0.298. The van der Waals surface area contributed by atoms with Crippen molar-refractivity contribution in [2.45, 2.75) is 13.0 Å². The number of rotatable bonds is 3. The van der Waals surface area contributed by atoms with Crippen molar-refractivity contribution in [2.24, 2.45) is 5.84 Å². The quantitative estimate of drug-likeness (QED) is 0.650. The van der Waals surface area contributed by atoms with Crippen molar-refractivity contribution in [3.8, 4) is 0 Å². The molecule has 0 amide bonds. The van der Waals surface area contributed by atoms with Crippen LogP contribution >= 0.6 is 27.5 Å². The number of hydrogen-bond donors (Lipinski definition) is 2. The van der Waals surface area contributed by atoms with Crippen LogP contribution in [0.25, 0.3) is 0 Å². The van der Waals surface area contributed by atoms with Gasteiger partial charge in [-0.25, -0.2) is 9.82 Å². The molecule has 5 heteroatoms. The predicted octanol–water partition coefficient (Wildman–Crippen LogP) is 4.10. The molecule has 0 spiro atoms. The fraction of sp³-hybridized carbons (Fsp3) is 0.143. The summed E-state index contributed by atoms with van der Waals surface area (Å²) in [6.07, 6.45) is 0. The number of hydrazine groups is 1. The van der Waals surface area contributed by atoms with E-state index in [-0.39, 0.29) is 11.9 Å². The van der Waals surface area contributed by atoms with E-state index in [4.69, 9.17) is 17.4 Å². The minimum absolute atomic E-state index is 0.256. The Hall–Kier alpha value is -0.940. The van der Waals surface area contributed by atoms with Crippen LogP contribution in [0.15, 0.2) is 40.9 Å². The van der Waals surface area contributed by atoms with Crippen molar-refractivity contribution in [3.05, 3.63) is 68.4 Å². The van der Waals surface area contributed by atoms with E-state index in [2.05, 4.69) is 21.4 Å². The van der Waals surface area contributed by atoms with Gasteiger partial charge in [-0.3, -0.25) is 5.84 Å². The van der Waals surface area contributed by atoms with Crippen LogP contribution in [0.4, 0.5) is 4.39 Å². The zero-order valence-electron chi connectivity index (χ0n) is 10.3. The van der Waals surface area contributed by atoms with Crippen molar-refractivity contribution in [1.82, 2.24) is 5.43 Å². The number of aryl methyl sites for hydroxylation is 1. The largest absolute Gasteiger partial charge is 0.271 e. The summed E-state index contributed by atoms with van der Waals surface area (Å²) >= 11 is 9.48. The molecule has 0 heterocycles. The Bertz CT molecular complexity index is 604. The Morgan fingerprint density at radius 2 is 2.00 bits per heavy atom. The highest BCUT2D eigenvalue weighted by atomic mass is 79.9. The summed E-state index contributed by atoms with van der Waals surface area (Å²) in [6, 6.07) is 9.99. The Labute approximate surface area is 124 Å². The van der Waals surface area contributed by atoms with E-state index in [0.717, 1.165) is 16.7 Å². The Morgan fingerprint density at radius 1 is 1.26 bits per heavy atom. The fourth-order valence-electron chi connectivity index (χ4n) is 1.89. The van der Waals surface area contributed by atoms with E-state index < -0.39 is 0 Å². The minimum Gasteiger partial charge on any atom is -0.271 e. The van der Waals surface area contributed by atoms with Crippen molar-refractivity contribution in [1.29, 1.82) is 0 Å². The third kappa shape index (κ3) is 3.15. The second-order valence-corrected chi connectivity index (χ2v) is 5.54. The lowest BCUT2D eigenvalue weighted by Crippen LogP contribution is -2.29. The van der Waals surface area contributed by atoms with Crippen molar-refractivity contribution < 1.29 is 4.39 Å². The summed E-state index contributed by atoms with van der Waals surface area (Å²) in [5, 5.41) is 0.677. The van der Waals surface area contributed by atoms with E-state index >= 15 is 0 Å². The molecule has 2 aromatic carbocycles. The number of nitrogens with two attached hydrogens (primary N) is 1. The molecular weight excluding hydrogens is 331 g/mol. The summed E-state index contributed by atoms with van der Waals surface area (Å²) in [7, 11) is 0. The lowest BCUT2D eigenvalue weighted by molar-refractivity contribution is 0.613. The molecule has 0 aliphatic carbocycles. The molecule has 0 saturated carbocycles. The topological polar surface area (TPSA) is 38.0 Å². The predicted molar refractivity (Wildman–Crippen MR) is 79.5 cm³/mol. The highest BCUT2D eigenvalue weighted by Crippen LogP contribution is 2.30. The maximum Gasteiger partial charge on any atom is 0.124 e. The molecular formula is C14H13BrClFN2. The first kappa shape index (κ1) is 14.5. The van der Waals surface area contributed by atoms with Gasteiger partial charge in [0.05, 0.1) is 6.04 Å². The van der Waals surface area contributed by atoms with Gasteiger partial charge >= 0.3 is 0 Å². The SMILES string of the molecule is Cc1ccc(C(NN)c2ccc(F)cc2Br)cc1Cl. The second-order valence-electron chi connectivity index (χ2n) is 4.27. The van der Waals surface area contributed by atoms with Crippen LogP contribution in [0.1, 0.15) is 22.7 Å². The van der Waals surface area contributed by atoms with Gasteiger partial charge in [-0.05, 0) is 41.8 Å². The van der Waals surface area contributed by atoms with Crippen LogP contribution in [-0.2, 0) is 0 Å². The maximum absolute atomic E-state index is 13.1. The molecule has 1 atom stereocenters. The average molecular weight is 344 g/mol. The van der Waals surface area contributed by atoms with Crippen LogP contribution in [0.2, 0.25) is 5.02 Å². The van der Waals surface area contributed by atoms with Crippen LogP contribution < -0.4 is 11.3 Å². The lowest BCUT2D eigenvalue weighted by atomic mass is 9.98. The second kappa shape index (κ2) is 6.01. The molecule has 2 aromatic rings. The summed E-state index contributed by atoms with van der Waals surface area (Å²) in [6.45, 7) is 1.94.